The Labute approximate surface area is 142 Å². The lowest BCUT2D eigenvalue weighted by atomic mass is 9.95. The van der Waals surface area contributed by atoms with Gasteiger partial charge in [0, 0.05) is 25.9 Å². The second-order valence-electron chi connectivity index (χ2n) is 6.43. The zero-order chi connectivity index (χ0) is 16.8. The molecule has 2 aliphatic rings. The van der Waals surface area contributed by atoms with Crippen molar-refractivity contribution in [2.45, 2.75) is 37.7 Å². The first-order valence-electron chi connectivity index (χ1n) is 8.59. The fourth-order valence-corrected chi connectivity index (χ4v) is 3.29. The maximum Gasteiger partial charge on any atom is 0.407 e. The third kappa shape index (κ3) is 4.19. The van der Waals surface area contributed by atoms with Gasteiger partial charge in [-0.05, 0) is 31.4 Å². The average Bonchev–Trinajstić information content (AvgIpc) is 2.83. The molecule has 6 nitrogen and oxygen atoms in total. The van der Waals surface area contributed by atoms with Crippen molar-refractivity contribution in [2.24, 2.45) is 0 Å². The molecule has 24 heavy (non-hydrogen) atoms. The van der Waals surface area contributed by atoms with Gasteiger partial charge in [-0.15, -0.1) is 0 Å². The van der Waals surface area contributed by atoms with Gasteiger partial charge >= 0.3 is 6.09 Å². The van der Waals surface area contributed by atoms with Crippen molar-refractivity contribution < 1.29 is 19.1 Å². The Morgan fingerprint density at radius 2 is 2.08 bits per heavy atom. The molecule has 2 heterocycles. The Hall–Kier alpha value is -2.24. The lowest BCUT2D eigenvalue weighted by Gasteiger charge is -2.25. The number of hydrogen-bond donors (Lipinski definition) is 1. The predicted octanol–water partition coefficient (Wildman–Crippen LogP) is 2.34. The molecule has 6 heteroatoms. The molecule has 1 aromatic rings. The fraction of sp³-hybridized carbons (Fsp3) is 0.556. The van der Waals surface area contributed by atoms with Crippen LogP contribution in [-0.4, -0.2) is 48.7 Å². The Bertz CT molecular complexity index is 578. The lowest BCUT2D eigenvalue weighted by molar-refractivity contribution is -0.131. The summed E-state index contributed by atoms with van der Waals surface area (Å²) >= 11 is 0. The quantitative estimate of drug-likeness (QED) is 0.841. The molecule has 2 aliphatic heterocycles. The number of para-hydroxylation sites is 1. The van der Waals surface area contributed by atoms with Crippen molar-refractivity contribution in [1.82, 2.24) is 10.2 Å². The van der Waals surface area contributed by atoms with Gasteiger partial charge in [0.1, 0.15) is 11.4 Å². The summed E-state index contributed by atoms with van der Waals surface area (Å²) in [6.07, 6.45) is 3.23. The van der Waals surface area contributed by atoms with Crippen molar-refractivity contribution in [3.8, 4) is 5.75 Å². The molecular weight excluding hydrogens is 308 g/mol. The van der Waals surface area contributed by atoms with Crippen molar-refractivity contribution in [2.75, 3.05) is 26.2 Å². The highest BCUT2D eigenvalue weighted by Crippen LogP contribution is 2.29. The Kier molecular flexibility index (Phi) is 5.23. The smallest absolute Gasteiger partial charge is 0.407 e. The molecule has 1 aromatic carbocycles. The van der Waals surface area contributed by atoms with Crippen molar-refractivity contribution in [1.29, 1.82) is 0 Å². The molecule has 1 N–H and O–H groups in total. The second-order valence-corrected chi connectivity index (χ2v) is 6.43. The highest BCUT2D eigenvalue weighted by molar-refractivity contribution is 5.76. The van der Waals surface area contributed by atoms with Crippen molar-refractivity contribution in [3.63, 3.8) is 0 Å². The van der Waals surface area contributed by atoms with E-state index in [9.17, 15) is 9.59 Å². The van der Waals surface area contributed by atoms with Crippen LogP contribution in [0.4, 0.5) is 4.79 Å². The minimum Gasteiger partial charge on any atom is -0.494 e. The molecule has 2 fully saturated rings. The van der Waals surface area contributed by atoms with Crippen LogP contribution < -0.4 is 10.1 Å². The van der Waals surface area contributed by atoms with Crippen LogP contribution in [0.5, 0.6) is 5.75 Å². The van der Waals surface area contributed by atoms with Crippen LogP contribution in [0.3, 0.4) is 0 Å². The molecule has 0 unspecified atom stereocenters. The van der Waals surface area contributed by atoms with E-state index >= 15 is 0 Å². The third-order valence-electron chi connectivity index (χ3n) is 4.66. The minimum absolute atomic E-state index is 0.154. The maximum atomic E-state index is 12.4. The third-order valence-corrected chi connectivity index (χ3v) is 4.66. The van der Waals surface area contributed by atoms with Crippen LogP contribution in [0.25, 0.3) is 0 Å². The first-order valence-corrected chi connectivity index (χ1v) is 8.59. The zero-order valence-corrected chi connectivity index (χ0v) is 13.8. The molecule has 0 bridgehead atoms. The summed E-state index contributed by atoms with van der Waals surface area (Å²) in [6.45, 7) is 2.47. The fourth-order valence-electron chi connectivity index (χ4n) is 3.29. The number of hydrogen-bond acceptors (Lipinski definition) is 4. The second kappa shape index (κ2) is 7.55. The molecule has 2 amide bonds. The number of benzene rings is 1. The van der Waals surface area contributed by atoms with Gasteiger partial charge in [0.2, 0.25) is 5.91 Å². The van der Waals surface area contributed by atoms with E-state index in [-0.39, 0.29) is 12.0 Å². The van der Waals surface area contributed by atoms with Gasteiger partial charge in [-0.2, -0.15) is 0 Å². The standard InChI is InChI=1S/C18H24N2O4/c21-16(8-4-13-23-15-6-2-1-3-7-15)20-11-5-9-18(10-12-20)14-19-17(22)24-18/h1-3,6-7H,4-5,8-14H2,(H,19,22)/t18-/m1/s1. The van der Waals surface area contributed by atoms with Crippen molar-refractivity contribution in [3.05, 3.63) is 30.3 Å². The van der Waals surface area contributed by atoms with Crippen LogP contribution >= 0.6 is 0 Å². The SMILES string of the molecule is O=C1NC[C@]2(CCCN(C(=O)CCCOc3ccccc3)CC2)O1. The Balaban J connectivity index is 1.40. The molecule has 0 radical (unpaired) electrons. The Morgan fingerprint density at radius 1 is 1.25 bits per heavy atom. The van der Waals surface area contributed by atoms with E-state index in [0.717, 1.165) is 25.1 Å². The van der Waals surface area contributed by atoms with E-state index in [2.05, 4.69) is 5.32 Å². The predicted molar refractivity (Wildman–Crippen MR) is 88.8 cm³/mol. The van der Waals surface area contributed by atoms with Crippen LogP contribution in [-0.2, 0) is 9.53 Å². The van der Waals surface area contributed by atoms with E-state index in [0.29, 0.717) is 39.0 Å². The molecule has 0 aliphatic carbocycles. The molecule has 0 saturated carbocycles. The summed E-state index contributed by atoms with van der Waals surface area (Å²) in [4.78, 5) is 25.6. The highest BCUT2D eigenvalue weighted by Gasteiger charge is 2.41. The molecule has 130 valence electrons. The number of carbonyl (C=O) groups is 2. The highest BCUT2D eigenvalue weighted by atomic mass is 16.6. The van der Waals surface area contributed by atoms with Gasteiger partial charge in [-0.3, -0.25) is 4.79 Å². The first-order chi connectivity index (χ1) is 11.7. The molecule has 2 saturated heterocycles. The van der Waals surface area contributed by atoms with E-state index in [1.165, 1.54) is 0 Å². The summed E-state index contributed by atoms with van der Waals surface area (Å²) in [5, 5.41) is 2.73. The van der Waals surface area contributed by atoms with Crippen LogP contribution in [0.2, 0.25) is 0 Å². The minimum atomic E-state index is -0.414. The average molecular weight is 332 g/mol. The van der Waals surface area contributed by atoms with Crippen LogP contribution in [0.15, 0.2) is 30.3 Å². The summed E-state index contributed by atoms with van der Waals surface area (Å²) in [5.41, 5.74) is -0.414. The zero-order valence-electron chi connectivity index (χ0n) is 13.8. The van der Waals surface area contributed by atoms with Crippen LogP contribution in [0.1, 0.15) is 32.1 Å². The van der Waals surface area contributed by atoms with Gasteiger partial charge in [-0.1, -0.05) is 18.2 Å². The largest absolute Gasteiger partial charge is 0.494 e. The topological polar surface area (TPSA) is 67.9 Å². The van der Waals surface area contributed by atoms with Gasteiger partial charge in [0.25, 0.3) is 0 Å². The molecular formula is C18H24N2O4. The number of nitrogens with zero attached hydrogens (tertiary/aromatic N) is 1. The van der Waals surface area contributed by atoms with Crippen molar-refractivity contribution >= 4 is 12.0 Å². The van der Waals surface area contributed by atoms with E-state index in [1.54, 1.807) is 0 Å². The van der Waals surface area contributed by atoms with Gasteiger partial charge in [0.15, 0.2) is 0 Å². The Morgan fingerprint density at radius 3 is 2.83 bits per heavy atom. The summed E-state index contributed by atoms with van der Waals surface area (Å²) in [7, 11) is 0. The number of nitrogens with one attached hydrogen (secondary N) is 1. The normalized spacial score (nSPS) is 23.5. The summed E-state index contributed by atoms with van der Waals surface area (Å²) in [5.74, 6) is 0.984. The number of carbonyl (C=O) groups excluding carboxylic acids is 2. The van der Waals surface area contributed by atoms with Gasteiger partial charge in [-0.25, -0.2) is 4.79 Å². The summed E-state index contributed by atoms with van der Waals surface area (Å²) in [6, 6.07) is 9.62. The van der Waals surface area contributed by atoms with Crippen LogP contribution in [0, 0.1) is 0 Å². The first kappa shape index (κ1) is 16.6. The van der Waals surface area contributed by atoms with E-state index in [4.69, 9.17) is 9.47 Å². The molecule has 1 spiro atoms. The number of alkyl carbamates (subject to hydrolysis) is 1. The molecule has 1 atom stereocenters. The van der Waals surface area contributed by atoms with Gasteiger partial charge in [0.05, 0.1) is 13.2 Å². The van der Waals surface area contributed by atoms with Gasteiger partial charge < -0.3 is 19.7 Å². The molecule has 0 aromatic heterocycles. The number of ether oxygens (including phenoxy) is 2. The maximum absolute atomic E-state index is 12.4. The van der Waals surface area contributed by atoms with E-state index < -0.39 is 5.60 Å². The number of likely N-dealkylation sites (tertiary alicyclic amines) is 1. The molecule has 3 rings (SSSR count). The van der Waals surface area contributed by atoms with E-state index in [1.807, 2.05) is 35.2 Å². The monoisotopic (exact) mass is 332 g/mol. The number of rotatable bonds is 5. The summed E-state index contributed by atoms with van der Waals surface area (Å²) < 4.78 is 11.1. The number of amides is 2. The lowest BCUT2D eigenvalue weighted by Crippen LogP contribution is -2.36.